The van der Waals surface area contributed by atoms with Crippen LogP contribution >= 0.6 is 39.0 Å². The minimum atomic E-state index is -0.337. The zero-order valence-electron chi connectivity index (χ0n) is 22.2. The number of hydrogen-bond acceptors (Lipinski definition) is 9. The van der Waals surface area contributed by atoms with Crippen LogP contribution in [0.15, 0.2) is 55.9 Å². The number of nitrogens with zero attached hydrogens (tertiary/aromatic N) is 3. The maximum atomic E-state index is 13.8. The van der Waals surface area contributed by atoms with Crippen molar-refractivity contribution in [1.29, 1.82) is 0 Å². The normalized spacial score (nSPS) is 12.9. The summed E-state index contributed by atoms with van der Waals surface area (Å²) in [6, 6.07) is 10.9. The first kappa shape index (κ1) is 28.2. The van der Waals surface area contributed by atoms with Gasteiger partial charge < -0.3 is 14.2 Å². The maximum Gasteiger partial charge on any atom is 0.267 e. The summed E-state index contributed by atoms with van der Waals surface area (Å²) in [5.74, 6) is 1.11. The van der Waals surface area contributed by atoms with Crippen LogP contribution in [0.3, 0.4) is 0 Å². The molecule has 2 aromatic heterocycles. The lowest BCUT2D eigenvalue weighted by Crippen LogP contribution is -2.24. The number of fused-ring (bicyclic) bond motifs is 3. The van der Waals surface area contributed by atoms with Crippen LogP contribution in [0.2, 0.25) is 0 Å². The van der Waals surface area contributed by atoms with Crippen molar-refractivity contribution in [3.05, 3.63) is 67.2 Å². The molecule has 9 nitrogen and oxygen atoms in total. The lowest BCUT2D eigenvalue weighted by Gasteiger charge is -2.13. The Morgan fingerprint density at radius 3 is 2.50 bits per heavy atom. The summed E-state index contributed by atoms with van der Waals surface area (Å²) in [6.45, 7) is 0. The number of amides is 1. The number of hydrogen-bond donors (Lipinski definition) is 1. The highest BCUT2D eigenvalue weighted by Gasteiger charge is 2.23. The number of ether oxygens (including phenoxy) is 3. The molecule has 2 aromatic carbocycles. The van der Waals surface area contributed by atoms with Gasteiger partial charge in [-0.05, 0) is 67.6 Å². The van der Waals surface area contributed by atoms with Crippen molar-refractivity contribution in [3.63, 3.8) is 0 Å². The third-order valence-electron chi connectivity index (χ3n) is 6.47. The van der Waals surface area contributed by atoms with Crippen LogP contribution in [0.1, 0.15) is 28.8 Å². The fourth-order valence-electron chi connectivity index (χ4n) is 4.62. The van der Waals surface area contributed by atoms with E-state index in [1.54, 1.807) is 28.0 Å². The average Bonchev–Trinajstić information content (AvgIpc) is 3.35. The molecule has 0 spiro atoms. The summed E-state index contributed by atoms with van der Waals surface area (Å²) in [5.41, 5.74) is 4.92. The minimum Gasteiger partial charge on any atom is -0.493 e. The number of nitrogens with one attached hydrogen (secondary N) is 1. The second-order valence-corrected chi connectivity index (χ2v) is 11.9. The topological polar surface area (TPSA) is 104 Å². The first-order chi connectivity index (χ1) is 19.4. The van der Waals surface area contributed by atoms with Crippen LogP contribution in [0.5, 0.6) is 17.2 Å². The van der Waals surface area contributed by atoms with Gasteiger partial charge in [0, 0.05) is 14.9 Å². The molecule has 1 aliphatic rings. The third kappa shape index (κ3) is 5.74. The molecule has 1 N–H and O–H groups in total. The molecule has 0 saturated carbocycles. The van der Waals surface area contributed by atoms with Crippen molar-refractivity contribution in [1.82, 2.24) is 15.0 Å². The van der Waals surface area contributed by atoms with Gasteiger partial charge in [0.05, 0.1) is 44.4 Å². The fourth-order valence-corrected chi connectivity index (χ4v) is 6.99. The van der Waals surface area contributed by atoms with Gasteiger partial charge in [0.2, 0.25) is 5.75 Å². The largest absolute Gasteiger partial charge is 0.493 e. The zero-order valence-corrected chi connectivity index (χ0v) is 25.4. The number of methoxy groups -OCH3 is 3. The van der Waals surface area contributed by atoms with Crippen LogP contribution in [-0.4, -0.2) is 48.8 Å². The van der Waals surface area contributed by atoms with Gasteiger partial charge in [0.1, 0.15) is 4.83 Å². The Bertz CT molecular complexity index is 1620. The Labute approximate surface area is 247 Å². The van der Waals surface area contributed by atoms with Crippen LogP contribution < -0.4 is 25.2 Å². The van der Waals surface area contributed by atoms with Crippen LogP contribution in [-0.2, 0) is 17.6 Å². The van der Waals surface area contributed by atoms with Crippen LogP contribution in [0, 0.1) is 0 Å². The summed E-state index contributed by atoms with van der Waals surface area (Å²) < 4.78 is 18.6. The molecule has 5 rings (SSSR count). The molecule has 4 aromatic rings. The zero-order chi connectivity index (χ0) is 28.2. The highest BCUT2D eigenvalue weighted by molar-refractivity contribution is 9.10. The van der Waals surface area contributed by atoms with E-state index in [-0.39, 0.29) is 17.2 Å². The number of thioether (sulfide) groups is 1. The van der Waals surface area contributed by atoms with Crippen molar-refractivity contribution >= 4 is 61.4 Å². The van der Waals surface area contributed by atoms with E-state index in [9.17, 15) is 9.59 Å². The SMILES string of the molecule is COc1cc(C=NNC(=O)CSc2nc3sc4c(c3c(=O)n2-c2ccc(Br)cc2)CCCC4)cc(OC)c1OC. The highest BCUT2D eigenvalue weighted by atomic mass is 79.9. The Morgan fingerprint density at radius 2 is 1.82 bits per heavy atom. The summed E-state index contributed by atoms with van der Waals surface area (Å²) in [5, 5.41) is 5.24. The Kier molecular flexibility index (Phi) is 8.77. The van der Waals surface area contributed by atoms with Crippen LogP contribution in [0.4, 0.5) is 0 Å². The Balaban J connectivity index is 1.38. The highest BCUT2D eigenvalue weighted by Crippen LogP contribution is 2.38. The standard InChI is InChI=1S/C28H27BrN4O5S2/c1-36-20-12-16(13-21(37-2)25(20)38-3)14-30-32-23(34)15-39-28-31-26-24(19-6-4-5-7-22(19)40-26)27(35)33(28)18-10-8-17(29)9-11-18/h8-14H,4-7,15H2,1-3H3,(H,32,34). The van der Waals surface area contributed by atoms with Crippen molar-refractivity contribution in [3.8, 4) is 22.9 Å². The molecule has 0 unspecified atom stereocenters. The quantitative estimate of drug-likeness (QED) is 0.113. The molecule has 0 saturated heterocycles. The van der Waals surface area contributed by atoms with Crippen molar-refractivity contribution < 1.29 is 19.0 Å². The van der Waals surface area contributed by atoms with E-state index in [0.29, 0.717) is 39.0 Å². The summed E-state index contributed by atoms with van der Waals surface area (Å²) >= 11 is 6.25. The molecule has 0 bridgehead atoms. The van der Waals surface area contributed by atoms with Gasteiger partial charge in [-0.3, -0.25) is 14.2 Å². The predicted octanol–water partition coefficient (Wildman–Crippen LogP) is 5.36. The average molecular weight is 644 g/mol. The molecule has 0 atom stereocenters. The van der Waals surface area contributed by atoms with E-state index in [0.717, 1.165) is 40.5 Å². The molecular formula is C28H27BrN4O5S2. The molecule has 12 heteroatoms. The number of aromatic nitrogens is 2. The summed E-state index contributed by atoms with van der Waals surface area (Å²) in [6.07, 6.45) is 5.56. The second kappa shape index (κ2) is 12.4. The van der Waals surface area contributed by atoms with E-state index < -0.39 is 0 Å². The molecular weight excluding hydrogens is 616 g/mol. The number of benzene rings is 2. The third-order valence-corrected chi connectivity index (χ3v) is 9.12. The fraction of sp³-hybridized carbons (Fsp3) is 0.286. The maximum absolute atomic E-state index is 13.8. The van der Waals surface area contributed by atoms with Gasteiger partial charge in [-0.15, -0.1) is 11.3 Å². The number of hydrazone groups is 1. The minimum absolute atomic E-state index is 0.0200. The molecule has 40 heavy (non-hydrogen) atoms. The van der Waals surface area contributed by atoms with E-state index >= 15 is 0 Å². The lowest BCUT2D eigenvalue weighted by molar-refractivity contribution is -0.118. The second-order valence-electron chi connectivity index (χ2n) is 8.94. The lowest BCUT2D eigenvalue weighted by atomic mass is 9.97. The van der Waals surface area contributed by atoms with E-state index in [1.807, 2.05) is 24.3 Å². The first-order valence-electron chi connectivity index (χ1n) is 12.5. The van der Waals surface area contributed by atoms with E-state index in [2.05, 4.69) is 26.5 Å². The van der Waals surface area contributed by atoms with Gasteiger partial charge in [0.15, 0.2) is 16.7 Å². The predicted molar refractivity (Wildman–Crippen MR) is 162 cm³/mol. The Morgan fingerprint density at radius 1 is 1.12 bits per heavy atom. The molecule has 208 valence electrons. The smallest absolute Gasteiger partial charge is 0.267 e. The van der Waals surface area contributed by atoms with E-state index in [4.69, 9.17) is 19.2 Å². The first-order valence-corrected chi connectivity index (χ1v) is 15.1. The Hall–Kier alpha value is -3.35. The number of aryl methyl sites for hydroxylation is 2. The van der Waals surface area contributed by atoms with Gasteiger partial charge in [-0.25, -0.2) is 10.4 Å². The van der Waals surface area contributed by atoms with Gasteiger partial charge >= 0.3 is 0 Å². The van der Waals surface area contributed by atoms with Gasteiger partial charge in [-0.1, -0.05) is 27.7 Å². The molecule has 1 aliphatic carbocycles. The monoisotopic (exact) mass is 642 g/mol. The van der Waals surface area contributed by atoms with Gasteiger partial charge in [-0.2, -0.15) is 5.10 Å². The van der Waals surface area contributed by atoms with Crippen molar-refractivity contribution in [2.45, 2.75) is 30.8 Å². The summed E-state index contributed by atoms with van der Waals surface area (Å²) in [7, 11) is 4.59. The number of halogens is 1. The van der Waals surface area contributed by atoms with Crippen molar-refractivity contribution in [2.75, 3.05) is 27.1 Å². The number of carbonyl (C=O) groups is 1. The number of thiophene rings is 1. The number of rotatable bonds is 9. The number of carbonyl (C=O) groups excluding carboxylic acids is 1. The molecule has 1 amide bonds. The van der Waals surface area contributed by atoms with Gasteiger partial charge in [0.25, 0.3) is 11.5 Å². The molecule has 2 heterocycles. The van der Waals surface area contributed by atoms with Crippen LogP contribution in [0.25, 0.3) is 15.9 Å². The molecule has 0 radical (unpaired) electrons. The van der Waals surface area contributed by atoms with E-state index in [1.165, 1.54) is 44.2 Å². The summed E-state index contributed by atoms with van der Waals surface area (Å²) in [4.78, 5) is 33.4. The molecule has 0 fully saturated rings. The molecule has 0 aliphatic heterocycles. The van der Waals surface area contributed by atoms with Crippen molar-refractivity contribution in [2.24, 2.45) is 5.10 Å².